The van der Waals surface area contributed by atoms with Crippen LogP contribution in [0.15, 0.2) is 33.9 Å². The van der Waals surface area contributed by atoms with Crippen LogP contribution in [0, 0.1) is 5.92 Å². The summed E-state index contributed by atoms with van der Waals surface area (Å²) in [4.78, 5) is 12.6. The highest BCUT2D eigenvalue weighted by atomic mass is 79.9. The smallest absolute Gasteiger partial charge is 0.338 e. The second-order valence-corrected chi connectivity index (χ2v) is 7.27. The molecule has 2 rings (SSSR count). The van der Waals surface area contributed by atoms with Gasteiger partial charge in [0.15, 0.2) is 5.11 Å². The molecule has 0 saturated heterocycles. The molecule has 0 spiro atoms. The van der Waals surface area contributed by atoms with Gasteiger partial charge in [-0.15, -0.1) is 0 Å². The van der Waals surface area contributed by atoms with Crippen LogP contribution >= 0.6 is 28.1 Å². The number of hydrogen-bond acceptors (Lipinski definition) is 4. The second-order valence-electron chi connectivity index (χ2n) is 5.95. The number of thiocarbonyl (C=S) groups is 1. The lowest BCUT2D eigenvalue weighted by Gasteiger charge is -2.30. The Kier molecular flexibility index (Phi) is 6.23. The lowest BCUT2D eigenvalue weighted by Crippen LogP contribution is -2.45. The zero-order chi connectivity index (χ0) is 17.9. The molecule has 0 radical (unpaired) electrons. The van der Waals surface area contributed by atoms with Crippen LogP contribution < -0.4 is 15.4 Å². The number of hydrogen-bond donors (Lipinski definition) is 2. The van der Waals surface area contributed by atoms with Crippen molar-refractivity contribution < 1.29 is 14.3 Å². The van der Waals surface area contributed by atoms with Crippen LogP contribution in [0.5, 0.6) is 5.75 Å². The van der Waals surface area contributed by atoms with Gasteiger partial charge in [-0.3, -0.25) is 0 Å². The van der Waals surface area contributed by atoms with Crippen LogP contribution in [0.2, 0.25) is 0 Å². The van der Waals surface area contributed by atoms with E-state index in [2.05, 4.69) is 26.6 Å². The molecule has 24 heavy (non-hydrogen) atoms. The van der Waals surface area contributed by atoms with Gasteiger partial charge in [0, 0.05) is 15.7 Å². The zero-order valence-corrected chi connectivity index (χ0v) is 16.5. The van der Waals surface area contributed by atoms with E-state index in [4.69, 9.17) is 21.7 Å². The normalized spacial score (nSPS) is 17.4. The van der Waals surface area contributed by atoms with Gasteiger partial charge >= 0.3 is 5.97 Å². The average Bonchev–Trinajstić information content (AvgIpc) is 2.51. The monoisotopic (exact) mass is 412 g/mol. The largest absolute Gasteiger partial charge is 0.496 e. The minimum absolute atomic E-state index is 0.263. The Hall–Kier alpha value is -1.60. The van der Waals surface area contributed by atoms with E-state index in [1.165, 1.54) is 0 Å². The summed E-state index contributed by atoms with van der Waals surface area (Å²) in [6, 6.07) is 5.20. The van der Waals surface area contributed by atoms with Gasteiger partial charge in [-0.2, -0.15) is 0 Å². The van der Waals surface area contributed by atoms with Gasteiger partial charge in [-0.05, 0) is 43.3 Å². The number of rotatable bonds is 5. The summed E-state index contributed by atoms with van der Waals surface area (Å²) in [6.07, 6.45) is 0. The van der Waals surface area contributed by atoms with Crippen LogP contribution in [0.1, 0.15) is 32.4 Å². The molecule has 1 aromatic rings. The first-order valence-corrected chi connectivity index (χ1v) is 8.82. The zero-order valence-electron chi connectivity index (χ0n) is 14.1. The molecule has 5 nitrogen and oxygen atoms in total. The fraction of sp³-hybridized carbons (Fsp3) is 0.412. The highest BCUT2D eigenvalue weighted by molar-refractivity contribution is 9.10. The van der Waals surface area contributed by atoms with Crippen molar-refractivity contribution in [2.75, 3.05) is 13.7 Å². The third kappa shape index (κ3) is 4.27. The van der Waals surface area contributed by atoms with Crippen LogP contribution in [0.25, 0.3) is 0 Å². The van der Waals surface area contributed by atoms with Crippen molar-refractivity contribution in [2.24, 2.45) is 5.92 Å². The summed E-state index contributed by atoms with van der Waals surface area (Å²) in [5, 5.41) is 6.60. The SMILES string of the molecule is COc1ccc(Br)cc1[C@@H]1NC(=S)NC(C)=C1C(=O)OCC(C)C. The van der Waals surface area contributed by atoms with E-state index in [0.29, 0.717) is 28.7 Å². The molecule has 1 aliphatic rings. The highest BCUT2D eigenvalue weighted by Crippen LogP contribution is 2.35. The highest BCUT2D eigenvalue weighted by Gasteiger charge is 2.33. The average molecular weight is 413 g/mol. The van der Waals surface area contributed by atoms with E-state index in [1.54, 1.807) is 7.11 Å². The summed E-state index contributed by atoms with van der Waals surface area (Å²) >= 11 is 8.72. The van der Waals surface area contributed by atoms with E-state index in [9.17, 15) is 4.79 Å². The number of methoxy groups -OCH3 is 1. The standard InChI is InChI=1S/C17H21BrN2O3S/c1-9(2)8-23-16(21)14-10(3)19-17(24)20-15(14)12-7-11(18)5-6-13(12)22-4/h5-7,9,15H,8H2,1-4H3,(H2,19,20,24)/t15-/m0/s1. The quantitative estimate of drug-likeness (QED) is 0.570. The van der Waals surface area contributed by atoms with E-state index >= 15 is 0 Å². The number of benzene rings is 1. The lowest BCUT2D eigenvalue weighted by molar-refractivity contribution is -0.140. The third-order valence-electron chi connectivity index (χ3n) is 3.54. The van der Waals surface area contributed by atoms with Crippen LogP contribution in [-0.4, -0.2) is 24.8 Å². The Morgan fingerprint density at radius 3 is 2.75 bits per heavy atom. The number of nitrogens with one attached hydrogen (secondary N) is 2. The van der Waals surface area contributed by atoms with E-state index in [0.717, 1.165) is 10.0 Å². The van der Waals surface area contributed by atoms with E-state index < -0.39 is 6.04 Å². The fourth-order valence-corrected chi connectivity index (χ4v) is 3.10. The molecule has 7 heteroatoms. The minimum atomic E-state index is -0.439. The van der Waals surface area contributed by atoms with Gasteiger partial charge in [0.05, 0.1) is 25.3 Å². The van der Waals surface area contributed by atoms with Crippen molar-refractivity contribution in [3.05, 3.63) is 39.5 Å². The van der Waals surface area contributed by atoms with E-state index in [-0.39, 0.29) is 11.9 Å². The van der Waals surface area contributed by atoms with Crippen molar-refractivity contribution in [1.29, 1.82) is 0 Å². The predicted octanol–water partition coefficient (Wildman–Crippen LogP) is 3.45. The summed E-state index contributed by atoms with van der Waals surface area (Å²) in [5.41, 5.74) is 1.99. The van der Waals surface area contributed by atoms with Gasteiger partial charge < -0.3 is 20.1 Å². The van der Waals surface area contributed by atoms with Crippen molar-refractivity contribution in [3.63, 3.8) is 0 Å². The molecule has 0 unspecified atom stereocenters. The molecule has 0 amide bonds. The lowest BCUT2D eigenvalue weighted by atomic mass is 9.95. The molecule has 0 saturated carbocycles. The number of halogens is 1. The summed E-state index contributed by atoms with van der Waals surface area (Å²) in [7, 11) is 1.60. The molecular weight excluding hydrogens is 392 g/mol. The molecule has 0 aromatic heterocycles. The van der Waals surface area contributed by atoms with Gasteiger partial charge in [0.2, 0.25) is 0 Å². The Morgan fingerprint density at radius 2 is 2.12 bits per heavy atom. The summed E-state index contributed by atoms with van der Waals surface area (Å²) in [5.74, 6) is 0.567. The number of allylic oxidation sites excluding steroid dienone is 1. The van der Waals surface area contributed by atoms with Crippen LogP contribution in [0.4, 0.5) is 0 Å². The molecule has 130 valence electrons. The van der Waals surface area contributed by atoms with Crippen molar-refractivity contribution in [2.45, 2.75) is 26.8 Å². The maximum absolute atomic E-state index is 12.6. The maximum Gasteiger partial charge on any atom is 0.338 e. The van der Waals surface area contributed by atoms with Gasteiger partial charge in [0.25, 0.3) is 0 Å². The van der Waals surface area contributed by atoms with Gasteiger partial charge in [0.1, 0.15) is 5.75 Å². The molecule has 0 aliphatic carbocycles. The van der Waals surface area contributed by atoms with Crippen molar-refractivity contribution >= 4 is 39.2 Å². The Morgan fingerprint density at radius 1 is 1.42 bits per heavy atom. The first-order chi connectivity index (χ1) is 11.3. The predicted molar refractivity (Wildman–Crippen MR) is 101 cm³/mol. The molecular formula is C17H21BrN2O3S. The van der Waals surface area contributed by atoms with Crippen molar-refractivity contribution in [3.8, 4) is 5.75 Å². The topological polar surface area (TPSA) is 59.6 Å². The minimum Gasteiger partial charge on any atom is -0.496 e. The molecule has 1 aliphatic heterocycles. The molecule has 0 bridgehead atoms. The van der Waals surface area contributed by atoms with Crippen molar-refractivity contribution in [1.82, 2.24) is 10.6 Å². The molecule has 1 aromatic carbocycles. The fourth-order valence-electron chi connectivity index (χ4n) is 2.45. The summed E-state index contributed by atoms with van der Waals surface area (Å²) < 4.78 is 11.8. The number of esters is 1. The van der Waals surface area contributed by atoms with Crippen LogP contribution in [0.3, 0.4) is 0 Å². The van der Waals surface area contributed by atoms with Gasteiger partial charge in [-0.25, -0.2) is 4.79 Å². The third-order valence-corrected chi connectivity index (χ3v) is 4.25. The number of carbonyl (C=O) groups is 1. The second kappa shape index (κ2) is 7.98. The van der Waals surface area contributed by atoms with E-state index in [1.807, 2.05) is 39.0 Å². The van der Waals surface area contributed by atoms with Gasteiger partial charge in [-0.1, -0.05) is 29.8 Å². The molecule has 0 fully saturated rings. The maximum atomic E-state index is 12.6. The Balaban J connectivity index is 2.45. The first kappa shape index (κ1) is 18.7. The number of carbonyl (C=O) groups excluding carboxylic acids is 1. The number of ether oxygens (including phenoxy) is 2. The Bertz CT molecular complexity index is 688. The molecule has 1 atom stereocenters. The Labute approximate surface area is 155 Å². The molecule has 1 heterocycles. The summed E-state index contributed by atoms with van der Waals surface area (Å²) in [6.45, 7) is 6.17. The molecule has 2 N–H and O–H groups in total. The van der Waals surface area contributed by atoms with Crippen LogP contribution in [-0.2, 0) is 9.53 Å². The first-order valence-electron chi connectivity index (χ1n) is 7.62.